The lowest BCUT2D eigenvalue weighted by Gasteiger charge is -2.11. The zero-order valence-electron chi connectivity index (χ0n) is 10.8. The lowest BCUT2D eigenvalue weighted by atomic mass is 10.3. The highest BCUT2D eigenvalue weighted by molar-refractivity contribution is 6.30. The topological polar surface area (TPSA) is 107 Å². The van der Waals surface area contributed by atoms with Gasteiger partial charge in [-0.25, -0.2) is 5.84 Å². The van der Waals surface area contributed by atoms with Gasteiger partial charge in [-0.2, -0.15) is 15.0 Å². The van der Waals surface area contributed by atoms with E-state index in [2.05, 4.69) is 25.7 Å². The average Bonchev–Trinajstić information content (AvgIpc) is 2.47. The Morgan fingerprint density at radius 2 is 1.85 bits per heavy atom. The first-order valence-corrected chi connectivity index (χ1v) is 5.91. The van der Waals surface area contributed by atoms with Crippen LogP contribution >= 0.6 is 11.6 Å². The summed E-state index contributed by atoms with van der Waals surface area (Å²) in [7, 11) is 2.99. The molecule has 0 amide bonds. The van der Waals surface area contributed by atoms with E-state index < -0.39 is 0 Å². The number of nitrogens with one attached hydrogen (secondary N) is 2. The molecule has 20 heavy (non-hydrogen) atoms. The molecule has 4 N–H and O–H groups in total. The Hall–Kier alpha value is -2.32. The Balaban J connectivity index is 2.36. The van der Waals surface area contributed by atoms with Crippen molar-refractivity contribution in [3.05, 3.63) is 23.2 Å². The number of benzene rings is 1. The summed E-state index contributed by atoms with van der Waals surface area (Å²) in [6.45, 7) is 0. The van der Waals surface area contributed by atoms with E-state index in [1.54, 1.807) is 25.3 Å². The van der Waals surface area contributed by atoms with Gasteiger partial charge in [-0.15, -0.1) is 0 Å². The number of nitrogen functional groups attached to an aromatic ring is 1. The molecule has 0 radical (unpaired) electrons. The molecule has 0 aliphatic rings. The Kier molecular flexibility index (Phi) is 4.38. The van der Waals surface area contributed by atoms with Gasteiger partial charge in [-0.3, -0.25) is 5.43 Å². The molecule has 0 spiro atoms. The third-order valence-electron chi connectivity index (χ3n) is 2.33. The van der Waals surface area contributed by atoms with Crippen molar-refractivity contribution in [3.63, 3.8) is 0 Å². The molecule has 2 aromatic rings. The second-order valence-electron chi connectivity index (χ2n) is 3.58. The smallest absolute Gasteiger partial charge is 0.322 e. The molecule has 0 unspecified atom stereocenters. The molecule has 0 fully saturated rings. The fraction of sp³-hybridized carbons (Fsp3) is 0.182. The molecule has 0 aliphatic heterocycles. The molecule has 9 heteroatoms. The predicted molar refractivity (Wildman–Crippen MR) is 75.5 cm³/mol. The van der Waals surface area contributed by atoms with Crippen LogP contribution in [0.1, 0.15) is 0 Å². The van der Waals surface area contributed by atoms with Gasteiger partial charge >= 0.3 is 6.01 Å². The number of nitrogens with zero attached hydrogens (tertiary/aromatic N) is 3. The van der Waals surface area contributed by atoms with Crippen molar-refractivity contribution in [1.29, 1.82) is 0 Å². The quantitative estimate of drug-likeness (QED) is 0.564. The zero-order chi connectivity index (χ0) is 14.5. The van der Waals surface area contributed by atoms with Crippen LogP contribution < -0.4 is 26.1 Å². The summed E-state index contributed by atoms with van der Waals surface area (Å²) < 4.78 is 10.2. The summed E-state index contributed by atoms with van der Waals surface area (Å²) in [6.07, 6.45) is 0. The predicted octanol–water partition coefficient (Wildman–Crippen LogP) is 1.57. The minimum Gasteiger partial charge on any atom is -0.495 e. The lowest BCUT2D eigenvalue weighted by Crippen LogP contribution is -2.13. The van der Waals surface area contributed by atoms with Crippen molar-refractivity contribution in [1.82, 2.24) is 15.0 Å². The third-order valence-corrected chi connectivity index (χ3v) is 2.57. The number of ether oxygens (including phenoxy) is 2. The molecule has 1 heterocycles. The Morgan fingerprint density at radius 1 is 1.10 bits per heavy atom. The number of halogens is 1. The summed E-state index contributed by atoms with van der Waals surface area (Å²) in [5.74, 6) is 6.29. The molecule has 0 aliphatic carbocycles. The van der Waals surface area contributed by atoms with Crippen LogP contribution in [0.4, 0.5) is 17.6 Å². The fourth-order valence-electron chi connectivity index (χ4n) is 1.47. The second-order valence-corrected chi connectivity index (χ2v) is 4.02. The van der Waals surface area contributed by atoms with Crippen LogP contribution in [0, 0.1) is 0 Å². The highest BCUT2D eigenvalue weighted by Crippen LogP contribution is 2.29. The zero-order valence-corrected chi connectivity index (χ0v) is 11.6. The molecule has 8 nitrogen and oxygen atoms in total. The number of nitrogens with two attached hydrogens (primary N) is 1. The SMILES string of the molecule is COc1nc(NN)nc(Nc2cc(Cl)ccc2OC)n1. The minimum absolute atomic E-state index is 0.122. The molecular formula is C11H13ClN6O2. The van der Waals surface area contributed by atoms with Crippen LogP contribution in [0.25, 0.3) is 0 Å². The number of anilines is 3. The summed E-state index contributed by atoms with van der Waals surface area (Å²) in [5, 5.41) is 3.51. The molecule has 1 aromatic heterocycles. The van der Waals surface area contributed by atoms with Crippen LogP contribution in [0.2, 0.25) is 5.02 Å². The summed E-state index contributed by atoms with van der Waals surface area (Å²) >= 11 is 5.95. The number of hydrogen-bond donors (Lipinski definition) is 3. The average molecular weight is 297 g/mol. The van der Waals surface area contributed by atoms with Crippen molar-refractivity contribution in [2.45, 2.75) is 0 Å². The Bertz CT molecular complexity index is 587. The molecule has 0 saturated carbocycles. The number of rotatable bonds is 5. The normalized spacial score (nSPS) is 10.0. The van der Waals surface area contributed by atoms with Crippen molar-refractivity contribution >= 4 is 29.2 Å². The van der Waals surface area contributed by atoms with E-state index in [4.69, 9.17) is 26.9 Å². The fourth-order valence-corrected chi connectivity index (χ4v) is 1.64. The van der Waals surface area contributed by atoms with Gasteiger partial charge in [0, 0.05) is 5.02 Å². The molecule has 106 valence electrons. The maximum Gasteiger partial charge on any atom is 0.322 e. The molecule has 2 rings (SSSR count). The van der Waals surface area contributed by atoms with Crippen LogP contribution in [0.5, 0.6) is 11.8 Å². The van der Waals surface area contributed by atoms with Gasteiger partial charge in [0.25, 0.3) is 0 Å². The van der Waals surface area contributed by atoms with E-state index in [-0.39, 0.29) is 17.9 Å². The molecule has 0 bridgehead atoms. The van der Waals surface area contributed by atoms with Crippen LogP contribution in [0.15, 0.2) is 18.2 Å². The van der Waals surface area contributed by atoms with E-state index in [1.807, 2.05) is 0 Å². The third kappa shape index (κ3) is 3.16. The van der Waals surface area contributed by atoms with Gasteiger partial charge in [-0.1, -0.05) is 11.6 Å². The number of methoxy groups -OCH3 is 2. The van der Waals surface area contributed by atoms with Gasteiger partial charge in [0.05, 0.1) is 19.9 Å². The molecular weight excluding hydrogens is 284 g/mol. The monoisotopic (exact) mass is 296 g/mol. The van der Waals surface area contributed by atoms with Crippen molar-refractivity contribution in [2.24, 2.45) is 5.84 Å². The van der Waals surface area contributed by atoms with Gasteiger partial charge in [0.1, 0.15) is 5.75 Å². The van der Waals surface area contributed by atoms with Gasteiger partial charge < -0.3 is 14.8 Å². The largest absolute Gasteiger partial charge is 0.495 e. The number of hydrazine groups is 1. The first-order valence-electron chi connectivity index (χ1n) is 5.53. The molecule has 0 saturated heterocycles. The van der Waals surface area contributed by atoms with E-state index in [0.29, 0.717) is 16.5 Å². The van der Waals surface area contributed by atoms with E-state index in [1.165, 1.54) is 7.11 Å². The van der Waals surface area contributed by atoms with Crippen LogP contribution in [-0.2, 0) is 0 Å². The Labute approximate surface area is 120 Å². The summed E-state index contributed by atoms with van der Waals surface area (Å²) in [5.41, 5.74) is 2.94. The van der Waals surface area contributed by atoms with Crippen molar-refractivity contribution < 1.29 is 9.47 Å². The van der Waals surface area contributed by atoms with Crippen molar-refractivity contribution in [2.75, 3.05) is 25.0 Å². The van der Waals surface area contributed by atoms with E-state index in [0.717, 1.165) is 0 Å². The molecule has 0 atom stereocenters. The van der Waals surface area contributed by atoms with Crippen molar-refractivity contribution in [3.8, 4) is 11.8 Å². The van der Waals surface area contributed by atoms with Gasteiger partial charge in [-0.05, 0) is 18.2 Å². The minimum atomic E-state index is 0.122. The maximum absolute atomic E-state index is 5.95. The first-order chi connectivity index (χ1) is 9.66. The maximum atomic E-state index is 5.95. The first kappa shape index (κ1) is 14.1. The second kappa shape index (κ2) is 6.22. The van der Waals surface area contributed by atoms with Crippen LogP contribution in [0.3, 0.4) is 0 Å². The van der Waals surface area contributed by atoms with E-state index in [9.17, 15) is 0 Å². The van der Waals surface area contributed by atoms with Gasteiger partial charge in [0.15, 0.2) is 0 Å². The number of aromatic nitrogens is 3. The lowest BCUT2D eigenvalue weighted by molar-refractivity contribution is 0.379. The summed E-state index contributed by atoms with van der Waals surface area (Å²) in [4.78, 5) is 12.0. The standard InChI is InChI=1S/C11H13ClN6O2/c1-19-8-4-3-6(12)5-7(8)14-9-15-10(18-13)17-11(16-9)20-2/h3-5H,13H2,1-2H3,(H2,14,15,16,17,18). The molecule has 1 aromatic carbocycles. The highest BCUT2D eigenvalue weighted by Gasteiger charge is 2.09. The summed E-state index contributed by atoms with van der Waals surface area (Å²) in [6, 6.07) is 5.25. The Morgan fingerprint density at radius 3 is 2.50 bits per heavy atom. The highest BCUT2D eigenvalue weighted by atomic mass is 35.5. The van der Waals surface area contributed by atoms with Gasteiger partial charge in [0.2, 0.25) is 11.9 Å². The number of hydrogen-bond acceptors (Lipinski definition) is 8. The van der Waals surface area contributed by atoms with Crippen LogP contribution in [-0.4, -0.2) is 29.2 Å². The van der Waals surface area contributed by atoms with E-state index >= 15 is 0 Å².